The molecule has 1 N–H and O–H groups in total. The predicted molar refractivity (Wildman–Crippen MR) is 132 cm³/mol. The maximum absolute atomic E-state index is 13.2. The lowest BCUT2D eigenvalue weighted by Crippen LogP contribution is -2.50. The zero-order valence-corrected chi connectivity index (χ0v) is 21.3. The highest BCUT2D eigenvalue weighted by Crippen LogP contribution is 2.25. The smallest absolute Gasteiger partial charge is 0.332 e. The van der Waals surface area contributed by atoms with Crippen LogP contribution in [0.5, 0.6) is 0 Å². The monoisotopic (exact) mass is 489 g/mol. The summed E-state index contributed by atoms with van der Waals surface area (Å²) in [7, 11) is 0. The predicted octanol–water partition coefficient (Wildman–Crippen LogP) is 3.33. The average molecular weight is 490 g/mol. The average Bonchev–Trinajstić information content (AvgIpc) is 3.30. The van der Waals surface area contributed by atoms with E-state index in [4.69, 9.17) is 14.9 Å². The molecule has 0 spiro atoms. The summed E-state index contributed by atoms with van der Waals surface area (Å²) in [4.78, 5) is 41.7. The van der Waals surface area contributed by atoms with E-state index >= 15 is 0 Å². The minimum Gasteiger partial charge on any atom is -0.458 e. The molecule has 0 radical (unpaired) electrons. The van der Waals surface area contributed by atoms with E-state index in [1.165, 1.54) is 11.8 Å². The normalized spacial score (nSPS) is 19.2. The van der Waals surface area contributed by atoms with E-state index in [9.17, 15) is 14.4 Å². The molecule has 34 heavy (non-hydrogen) atoms. The third-order valence-electron chi connectivity index (χ3n) is 6.01. The van der Waals surface area contributed by atoms with Crippen LogP contribution in [0.15, 0.2) is 24.3 Å². The van der Waals surface area contributed by atoms with E-state index < -0.39 is 11.6 Å². The lowest BCUT2D eigenvalue weighted by Gasteiger charge is -2.35. The van der Waals surface area contributed by atoms with Gasteiger partial charge in [0.25, 0.3) is 5.91 Å². The van der Waals surface area contributed by atoms with Crippen LogP contribution >= 0.6 is 11.8 Å². The highest BCUT2D eigenvalue weighted by molar-refractivity contribution is 8.13. The van der Waals surface area contributed by atoms with Gasteiger partial charge in [-0.25, -0.2) is 4.79 Å². The van der Waals surface area contributed by atoms with Gasteiger partial charge in [-0.15, -0.1) is 11.8 Å². The molecule has 186 valence electrons. The van der Waals surface area contributed by atoms with Gasteiger partial charge < -0.3 is 19.3 Å². The molecule has 9 heteroatoms. The van der Waals surface area contributed by atoms with Crippen LogP contribution < -0.4 is 0 Å². The molecule has 2 heterocycles. The van der Waals surface area contributed by atoms with Crippen LogP contribution in [0.2, 0.25) is 0 Å². The topological polar surface area (TPSA) is 100 Å². The highest BCUT2D eigenvalue weighted by Gasteiger charge is 2.38. The molecule has 2 fully saturated rings. The van der Waals surface area contributed by atoms with Crippen molar-refractivity contribution in [2.75, 3.05) is 32.5 Å². The summed E-state index contributed by atoms with van der Waals surface area (Å²) in [6.45, 7) is 7.02. The molecule has 0 unspecified atom stereocenters. The minimum absolute atomic E-state index is 0.0165. The number of carbonyl (C=O) groups excluding carboxylic acids is 3. The zero-order chi connectivity index (χ0) is 24.9. The fourth-order valence-electron chi connectivity index (χ4n) is 4.32. The van der Waals surface area contributed by atoms with Crippen molar-refractivity contribution in [1.29, 1.82) is 5.41 Å². The number of amides is 2. The lowest BCUT2D eigenvalue weighted by atomic mass is 10.1. The Morgan fingerprint density at radius 2 is 1.65 bits per heavy atom. The number of nitrogens with one attached hydrogen (secondary N) is 1. The van der Waals surface area contributed by atoms with Crippen molar-refractivity contribution in [2.45, 2.75) is 64.2 Å². The molecule has 2 aliphatic heterocycles. The highest BCUT2D eigenvalue weighted by atomic mass is 32.2. The van der Waals surface area contributed by atoms with E-state index in [2.05, 4.69) is 0 Å². The Balaban J connectivity index is 1.52. The standard InChI is InChI=1S/C25H35N3O5S/c1-25(2,3)33-21(29)16-32-19-11-14-27(15-12-19)24(31)20-6-5-13-28(20)23(30)18-9-7-17(8-10-18)22(26)34-4/h7-10,19-20,26H,5-6,11-16H2,1-4H3/t20-/m0/s1. The molecule has 8 nitrogen and oxygen atoms in total. The van der Waals surface area contributed by atoms with Crippen LogP contribution in [0.3, 0.4) is 0 Å². The fraction of sp³-hybridized carbons (Fsp3) is 0.600. The molecule has 0 saturated carbocycles. The Hall–Kier alpha value is -2.39. The second kappa shape index (κ2) is 11.4. The SMILES string of the molecule is CSC(=N)c1ccc(C(=O)N2CCC[C@H]2C(=O)N2CCC(OCC(=O)OC(C)(C)C)CC2)cc1. The third-order valence-corrected chi connectivity index (χ3v) is 6.65. The van der Waals surface area contributed by atoms with Gasteiger partial charge in [0, 0.05) is 30.8 Å². The molecule has 0 bridgehead atoms. The first-order valence-electron chi connectivity index (χ1n) is 11.7. The number of esters is 1. The van der Waals surface area contributed by atoms with Crippen molar-refractivity contribution in [3.8, 4) is 0 Å². The molecule has 1 atom stereocenters. The van der Waals surface area contributed by atoms with E-state index in [0.717, 1.165) is 12.0 Å². The van der Waals surface area contributed by atoms with Crippen molar-refractivity contribution in [3.63, 3.8) is 0 Å². The largest absolute Gasteiger partial charge is 0.458 e. The Labute approximate surface area is 205 Å². The summed E-state index contributed by atoms with van der Waals surface area (Å²) in [5.74, 6) is -0.546. The van der Waals surface area contributed by atoms with E-state index in [0.29, 0.717) is 49.5 Å². The first-order chi connectivity index (χ1) is 16.1. The van der Waals surface area contributed by atoms with Gasteiger partial charge in [-0.05, 0) is 64.8 Å². The van der Waals surface area contributed by atoms with E-state index in [1.807, 2.05) is 31.9 Å². The summed E-state index contributed by atoms with van der Waals surface area (Å²) < 4.78 is 11.0. The van der Waals surface area contributed by atoms with Crippen LogP contribution in [0.25, 0.3) is 0 Å². The number of likely N-dealkylation sites (tertiary alicyclic amines) is 2. The van der Waals surface area contributed by atoms with Crippen molar-refractivity contribution in [1.82, 2.24) is 9.80 Å². The number of benzene rings is 1. The molecule has 2 aliphatic rings. The number of rotatable bonds is 6. The second-order valence-electron chi connectivity index (χ2n) is 9.69. The third kappa shape index (κ3) is 6.82. The van der Waals surface area contributed by atoms with Gasteiger partial charge in [0.1, 0.15) is 18.2 Å². The molecular formula is C25H35N3O5S. The first kappa shape index (κ1) is 26.2. The van der Waals surface area contributed by atoms with E-state index in [-0.39, 0.29) is 30.5 Å². The van der Waals surface area contributed by atoms with Crippen LogP contribution in [-0.4, -0.2) is 82.9 Å². The summed E-state index contributed by atoms with van der Waals surface area (Å²) in [5, 5.41) is 8.36. The second-order valence-corrected chi connectivity index (χ2v) is 10.5. The summed E-state index contributed by atoms with van der Waals surface area (Å²) in [5.41, 5.74) is 0.766. The fourth-order valence-corrected chi connectivity index (χ4v) is 4.70. The Bertz CT molecular complexity index is 904. The summed E-state index contributed by atoms with van der Waals surface area (Å²) >= 11 is 1.35. The van der Waals surface area contributed by atoms with E-state index in [1.54, 1.807) is 29.2 Å². The molecule has 1 aromatic rings. The maximum atomic E-state index is 13.2. The van der Waals surface area contributed by atoms with Gasteiger partial charge in [0.2, 0.25) is 5.91 Å². The molecule has 1 aromatic carbocycles. The van der Waals surface area contributed by atoms with Gasteiger partial charge in [-0.2, -0.15) is 0 Å². The number of carbonyl (C=O) groups is 3. The van der Waals surface area contributed by atoms with Crippen LogP contribution in [-0.2, 0) is 19.1 Å². The van der Waals surface area contributed by atoms with Crippen LogP contribution in [0.4, 0.5) is 0 Å². The van der Waals surface area contributed by atoms with Gasteiger partial charge in [0.05, 0.1) is 11.1 Å². The van der Waals surface area contributed by atoms with Gasteiger partial charge in [-0.1, -0.05) is 12.1 Å². The molecular weight excluding hydrogens is 454 g/mol. The number of ether oxygens (including phenoxy) is 2. The van der Waals surface area contributed by atoms with Crippen molar-refractivity contribution >= 4 is 34.6 Å². The van der Waals surface area contributed by atoms with Crippen LogP contribution in [0.1, 0.15) is 62.4 Å². The zero-order valence-electron chi connectivity index (χ0n) is 20.5. The first-order valence-corrected chi connectivity index (χ1v) is 13.0. The maximum Gasteiger partial charge on any atom is 0.332 e. The van der Waals surface area contributed by atoms with Crippen molar-refractivity contribution < 1.29 is 23.9 Å². The number of hydrogen-bond donors (Lipinski definition) is 1. The van der Waals surface area contributed by atoms with Gasteiger partial charge in [-0.3, -0.25) is 15.0 Å². The summed E-state index contributed by atoms with van der Waals surface area (Å²) in [6.07, 6.45) is 4.52. The Kier molecular flexibility index (Phi) is 8.76. The molecule has 0 aliphatic carbocycles. The van der Waals surface area contributed by atoms with Crippen LogP contribution in [0, 0.1) is 5.41 Å². The quantitative estimate of drug-likeness (QED) is 0.374. The Morgan fingerprint density at radius 1 is 1.03 bits per heavy atom. The summed E-state index contributed by atoms with van der Waals surface area (Å²) in [6, 6.07) is 6.57. The number of thioether (sulfide) groups is 1. The molecule has 3 rings (SSSR count). The lowest BCUT2D eigenvalue weighted by molar-refractivity contribution is -0.163. The van der Waals surface area contributed by atoms with Crippen molar-refractivity contribution in [3.05, 3.63) is 35.4 Å². The van der Waals surface area contributed by atoms with Crippen molar-refractivity contribution in [2.24, 2.45) is 0 Å². The van der Waals surface area contributed by atoms with Gasteiger partial charge >= 0.3 is 5.97 Å². The molecule has 2 amide bonds. The molecule has 2 saturated heterocycles. The minimum atomic E-state index is -0.541. The number of piperidine rings is 1. The Morgan fingerprint density at radius 3 is 2.24 bits per heavy atom. The number of nitrogens with zero attached hydrogens (tertiary/aromatic N) is 2. The van der Waals surface area contributed by atoms with Gasteiger partial charge in [0.15, 0.2) is 0 Å². The number of hydrogen-bond acceptors (Lipinski definition) is 7. The molecule has 0 aromatic heterocycles.